The van der Waals surface area contributed by atoms with Crippen LogP contribution in [0.4, 0.5) is 0 Å². The Balaban J connectivity index is 2.56. The zero-order valence-corrected chi connectivity index (χ0v) is 11.7. The van der Waals surface area contributed by atoms with Crippen LogP contribution in [0.2, 0.25) is 0 Å². The smallest absolute Gasteiger partial charge is 0.194 e. The number of thioether (sulfide) groups is 1. The van der Waals surface area contributed by atoms with E-state index in [1.165, 1.54) is 12.2 Å². The Hall–Kier alpha value is -0.820. The highest BCUT2D eigenvalue weighted by molar-refractivity contribution is 8.00. The van der Waals surface area contributed by atoms with Crippen LogP contribution in [0.3, 0.4) is 0 Å². The van der Waals surface area contributed by atoms with Gasteiger partial charge in [-0.25, -0.2) is 0 Å². The average Bonchev–Trinajstić information content (AvgIpc) is 2.38. The minimum absolute atomic E-state index is 0.717. The first-order valence-corrected chi connectivity index (χ1v) is 7.45. The zero-order valence-electron chi connectivity index (χ0n) is 10.9. The van der Waals surface area contributed by atoms with Crippen LogP contribution in [0.1, 0.15) is 26.7 Å². The maximum absolute atomic E-state index is 5.25. The van der Waals surface area contributed by atoms with E-state index in [2.05, 4.69) is 46.7 Å². The van der Waals surface area contributed by atoms with Crippen LogP contribution in [0, 0.1) is 12.3 Å². The Kier molecular flexibility index (Phi) is 6.95. The SMILES string of the molecule is C#CCCN=C(NCC)N1CCSC(CC)C1. The van der Waals surface area contributed by atoms with Crippen molar-refractivity contribution in [2.24, 2.45) is 4.99 Å². The largest absolute Gasteiger partial charge is 0.357 e. The van der Waals surface area contributed by atoms with Crippen LogP contribution < -0.4 is 5.32 Å². The molecule has 0 aromatic carbocycles. The lowest BCUT2D eigenvalue weighted by Gasteiger charge is -2.34. The summed E-state index contributed by atoms with van der Waals surface area (Å²) in [6, 6.07) is 0. The molecular weight excluding hydrogens is 230 g/mol. The quantitative estimate of drug-likeness (QED) is 0.358. The summed E-state index contributed by atoms with van der Waals surface area (Å²) < 4.78 is 0. The Morgan fingerprint density at radius 2 is 2.41 bits per heavy atom. The van der Waals surface area contributed by atoms with Crippen LogP contribution >= 0.6 is 11.8 Å². The molecule has 0 spiro atoms. The number of rotatable bonds is 4. The maximum Gasteiger partial charge on any atom is 0.194 e. The lowest BCUT2D eigenvalue weighted by Crippen LogP contribution is -2.48. The number of guanidine groups is 1. The third-order valence-electron chi connectivity index (χ3n) is 2.75. The Bertz CT molecular complexity index is 283. The highest BCUT2D eigenvalue weighted by atomic mass is 32.2. The van der Waals surface area contributed by atoms with Crippen molar-refractivity contribution in [2.45, 2.75) is 31.9 Å². The fraction of sp³-hybridized carbons (Fsp3) is 0.769. The molecule has 96 valence electrons. The summed E-state index contributed by atoms with van der Waals surface area (Å²) in [6.07, 6.45) is 7.20. The summed E-state index contributed by atoms with van der Waals surface area (Å²) in [7, 11) is 0. The molecule has 0 aliphatic carbocycles. The van der Waals surface area contributed by atoms with E-state index in [9.17, 15) is 0 Å². The molecule has 0 bridgehead atoms. The molecule has 1 rings (SSSR count). The molecule has 0 aromatic rings. The molecule has 0 amide bonds. The standard InChI is InChI=1S/C13H23N3S/c1-4-7-8-15-13(14-6-3)16-9-10-17-12(5-2)11-16/h1,12H,5-11H2,2-3H3,(H,14,15). The fourth-order valence-corrected chi connectivity index (χ4v) is 2.99. The third-order valence-corrected chi connectivity index (χ3v) is 4.12. The van der Waals surface area contributed by atoms with Gasteiger partial charge < -0.3 is 10.2 Å². The minimum Gasteiger partial charge on any atom is -0.357 e. The summed E-state index contributed by atoms with van der Waals surface area (Å²) in [5.74, 6) is 4.85. The molecule has 1 aliphatic rings. The van der Waals surface area contributed by atoms with Crippen molar-refractivity contribution in [2.75, 3.05) is 31.9 Å². The average molecular weight is 253 g/mol. The Morgan fingerprint density at radius 1 is 1.59 bits per heavy atom. The van der Waals surface area contributed by atoms with E-state index in [-0.39, 0.29) is 0 Å². The molecule has 17 heavy (non-hydrogen) atoms. The van der Waals surface area contributed by atoms with Gasteiger partial charge in [0.25, 0.3) is 0 Å². The molecule has 1 heterocycles. The van der Waals surface area contributed by atoms with E-state index >= 15 is 0 Å². The van der Waals surface area contributed by atoms with Crippen molar-refractivity contribution < 1.29 is 0 Å². The number of nitrogens with zero attached hydrogens (tertiary/aromatic N) is 2. The molecule has 0 aromatic heterocycles. The van der Waals surface area contributed by atoms with Gasteiger partial charge in [0.05, 0.1) is 6.54 Å². The Morgan fingerprint density at radius 3 is 3.06 bits per heavy atom. The van der Waals surface area contributed by atoms with Gasteiger partial charge in [-0.1, -0.05) is 6.92 Å². The van der Waals surface area contributed by atoms with Gasteiger partial charge in [0.2, 0.25) is 0 Å². The molecule has 4 heteroatoms. The maximum atomic E-state index is 5.25. The molecule has 0 radical (unpaired) electrons. The number of aliphatic imine (C=N–C) groups is 1. The molecule has 1 atom stereocenters. The number of hydrogen-bond acceptors (Lipinski definition) is 2. The van der Waals surface area contributed by atoms with E-state index in [0.29, 0.717) is 6.42 Å². The fourth-order valence-electron chi connectivity index (χ4n) is 1.81. The van der Waals surface area contributed by atoms with E-state index in [0.717, 1.165) is 37.4 Å². The Labute approximate surface area is 109 Å². The second-order valence-electron chi connectivity index (χ2n) is 4.04. The van der Waals surface area contributed by atoms with Gasteiger partial charge in [-0.15, -0.1) is 12.3 Å². The number of hydrogen-bond donors (Lipinski definition) is 1. The molecule has 1 saturated heterocycles. The van der Waals surface area contributed by atoms with E-state index in [1.807, 2.05) is 0 Å². The topological polar surface area (TPSA) is 27.6 Å². The lowest BCUT2D eigenvalue weighted by atomic mass is 10.3. The van der Waals surface area contributed by atoms with E-state index in [4.69, 9.17) is 6.42 Å². The van der Waals surface area contributed by atoms with Crippen molar-refractivity contribution in [3.05, 3.63) is 0 Å². The first kappa shape index (κ1) is 14.2. The van der Waals surface area contributed by atoms with Crippen LogP contribution in [-0.4, -0.2) is 48.0 Å². The first-order valence-electron chi connectivity index (χ1n) is 6.40. The minimum atomic E-state index is 0.717. The number of terminal acetylenes is 1. The highest BCUT2D eigenvalue weighted by Gasteiger charge is 2.21. The van der Waals surface area contributed by atoms with Gasteiger partial charge in [-0.05, 0) is 13.3 Å². The van der Waals surface area contributed by atoms with Gasteiger partial charge >= 0.3 is 0 Å². The molecule has 1 unspecified atom stereocenters. The van der Waals surface area contributed by atoms with Crippen molar-refractivity contribution in [3.8, 4) is 12.3 Å². The van der Waals surface area contributed by atoms with Crippen molar-refractivity contribution in [1.82, 2.24) is 10.2 Å². The normalized spacial score (nSPS) is 21.1. The zero-order chi connectivity index (χ0) is 12.5. The summed E-state index contributed by atoms with van der Waals surface area (Å²) in [6.45, 7) is 8.18. The predicted molar refractivity (Wildman–Crippen MR) is 77.5 cm³/mol. The van der Waals surface area contributed by atoms with Crippen molar-refractivity contribution in [1.29, 1.82) is 0 Å². The first-order chi connectivity index (χ1) is 8.31. The van der Waals surface area contributed by atoms with E-state index in [1.54, 1.807) is 0 Å². The van der Waals surface area contributed by atoms with Crippen LogP contribution in [0.25, 0.3) is 0 Å². The van der Waals surface area contributed by atoms with E-state index < -0.39 is 0 Å². The van der Waals surface area contributed by atoms with Crippen LogP contribution in [0.5, 0.6) is 0 Å². The molecule has 3 nitrogen and oxygen atoms in total. The molecule has 0 saturated carbocycles. The second-order valence-corrected chi connectivity index (χ2v) is 5.45. The third kappa shape index (κ3) is 4.91. The number of nitrogens with one attached hydrogen (secondary N) is 1. The highest BCUT2D eigenvalue weighted by Crippen LogP contribution is 2.20. The van der Waals surface area contributed by atoms with Crippen LogP contribution in [-0.2, 0) is 0 Å². The monoisotopic (exact) mass is 253 g/mol. The van der Waals surface area contributed by atoms with Gasteiger partial charge in [0.15, 0.2) is 5.96 Å². The second kappa shape index (κ2) is 8.30. The molecule has 1 N–H and O–H groups in total. The van der Waals surface area contributed by atoms with Gasteiger partial charge in [0, 0.05) is 37.1 Å². The summed E-state index contributed by atoms with van der Waals surface area (Å²) in [5, 5.41) is 4.09. The van der Waals surface area contributed by atoms with Gasteiger partial charge in [-0.2, -0.15) is 11.8 Å². The lowest BCUT2D eigenvalue weighted by molar-refractivity contribution is 0.408. The van der Waals surface area contributed by atoms with Gasteiger partial charge in [0.1, 0.15) is 0 Å². The van der Waals surface area contributed by atoms with Crippen molar-refractivity contribution in [3.63, 3.8) is 0 Å². The van der Waals surface area contributed by atoms with Gasteiger partial charge in [-0.3, -0.25) is 4.99 Å². The van der Waals surface area contributed by atoms with Crippen LogP contribution in [0.15, 0.2) is 4.99 Å². The molecular formula is C13H23N3S. The predicted octanol–water partition coefficient (Wildman–Crippen LogP) is 1.80. The van der Waals surface area contributed by atoms with Crippen molar-refractivity contribution >= 4 is 17.7 Å². The molecule has 1 fully saturated rings. The summed E-state index contributed by atoms with van der Waals surface area (Å²) in [5.41, 5.74) is 0. The summed E-state index contributed by atoms with van der Waals surface area (Å²) in [4.78, 5) is 6.94. The molecule has 1 aliphatic heterocycles. The summed E-state index contributed by atoms with van der Waals surface area (Å²) >= 11 is 2.07.